The van der Waals surface area contributed by atoms with Crippen molar-refractivity contribution in [2.75, 3.05) is 11.4 Å². The van der Waals surface area contributed by atoms with Gasteiger partial charge in [-0.05, 0) is 69.9 Å². The van der Waals surface area contributed by atoms with E-state index < -0.39 is 53.4 Å². The molecule has 0 spiro atoms. The van der Waals surface area contributed by atoms with Crippen molar-refractivity contribution in [3.05, 3.63) is 53.5 Å². The maximum atomic E-state index is 13.4. The van der Waals surface area contributed by atoms with Gasteiger partial charge in [-0.1, -0.05) is 0 Å². The monoisotopic (exact) mass is 576 g/mol. The molecule has 2 bridgehead atoms. The molecule has 1 aromatic heterocycles. The second-order valence-corrected chi connectivity index (χ2v) is 10.4. The van der Waals surface area contributed by atoms with Crippen molar-refractivity contribution in [1.29, 1.82) is 0 Å². The van der Waals surface area contributed by atoms with Gasteiger partial charge in [-0.3, -0.25) is 9.59 Å². The van der Waals surface area contributed by atoms with Gasteiger partial charge in [0, 0.05) is 24.3 Å². The van der Waals surface area contributed by atoms with Gasteiger partial charge in [-0.2, -0.15) is 26.3 Å². The lowest BCUT2D eigenvalue weighted by atomic mass is 9.96. The van der Waals surface area contributed by atoms with Gasteiger partial charge in [0.05, 0.1) is 5.56 Å². The predicted molar refractivity (Wildman–Crippen MR) is 129 cm³/mol. The lowest BCUT2D eigenvalue weighted by Crippen LogP contribution is -2.55. The van der Waals surface area contributed by atoms with Crippen LogP contribution < -0.4 is 20.3 Å². The number of halogens is 7. The molecule has 2 aliphatic rings. The summed E-state index contributed by atoms with van der Waals surface area (Å²) in [6, 6.07) is 4.57. The quantitative estimate of drug-likeness (QED) is 0.454. The van der Waals surface area contributed by atoms with Crippen molar-refractivity contribution >= 4 is 17.6 Å². The first kappa shape index (κ1) is 29.4. The first-order chi connectivity index (χ1) is 18.5. The Labute approximate surface area is 225 Å². The minimum absolute atomic E-state index is 0.0143. The van der Waals surface area contributed by atoms with Crippen molar-refractivity contribution in [1.82, 2.24) is 15.6 Å². The summed E-state index contributed by atoms with van der Waals surface area (Å²) in [4.78, 5) is 31.3. The SMILES string of the molecule is CC(C)(Oc1ccc(F)cc1C(F)(F)F)C(=O)NC1C[C@H]2CC[C@@H](C1)N2c1ccc(C(=O)NCC(F)(F)F)cn1. The Bertz CT molecular complexity index is 1230. The molecule has 3 atom stereocenters. The third-order valence-corrected chi connectivity index (χ3v) is 6.95. The van der Waals surface area contributed by atoms with E-state index in [0.29, 0.717) is 24.7 Å². The topological polar surface area (TPSA) is 83.6 Å². The van der Waals surface area contributed by atoms with Gasteiger partial charge in [0.25, 0.3) is 11.8 Å². The molecule has 1 unspecified atom stereocenters. The third-order valence-electron chi connectivity index (χ3n) is 6.95. The molecule has 2 aliphatic heterocycles. The van der Waals surface area contributed by atoms with E-state index in [2.05, 4.69) is 15.2 Å². The van der Waals surface area contributed by atoms with Crippen LogP contribution in [0.1, 0.15) is 55.5 Å². The number of pyridine rings is 1. The average Bonchev–Trinajstić information content (AvgIpc) is 3.12. The summed E-state index contributed by atoms with van der Waals surface area (Å²) in [5.74, 6) is -2.73. The van der Waals surface area contributed by atoms with Gasteiger partial charge in [-0.15, -0.1) is 0 Å². The number of anilines is 1. The molecular formula is C26H27F7N4O3. The van der Waals surface area contributed by atoms with E-state index in [4.69, 9.17) is 4.74 Å². The zero-order valence-corrected chi connectivity index (χ0v) is 21.5. The number of piperidine rings is 1. The molecule has 0 radical (unpaired) electrons. The van der Waals surface area contributed by atoms with Crippen LogP contribution in [0, 0.1) is 5.82 Å². The molecule has 0 aliphatic carbocycles. The lowest BCUT2D eigenvalue weighted by Gasteiger charge is -2.41. The first-order valence-electron chi connectivity index (χ1n) is 12.5. The van der Waals surface area contributed by atoms with Gasteiger partial charge < -0.3 is 20.3 Å². The molecule has 3 heterocycles. The summed E-state index contributed by atoms with van der Waals surface area (Å²) < 4.78 is 96.0. The van der Waals surface area contributed by atoms with E-state index in [0.717, 1.165) is 25.0 Å². The highest BCUT2D eigenvalue weighted by Gasteiger charge is 2.44. The molecular weight excluding hydrogens is 549 g/mol. The standard InChI is InChI=1S/C26H27F7N4O3/c1-24(2,40-20-7-4-15(27)9-19(20)26(31,32)33)23(39)36-16-10-17-5-6-18(11-16)37(17)21-8-3-14(12-34-21)22(38)35-13-25(28,29)30/h3-4,7-9,12,16-18H,5-6,10-11,13H2,1-2H3,(H,35,38)(H,36,39)/t16?,17-,18+. The van der Waals surface area contributed by atoms with E-state index in [1.807, 2.05) is 0 Å². The van der Waals surface area contributed by atoms with Gasteiger partial charge in [0.15, 0.2) is 5.60 Å². The van der Waals surface area contributed by atoms with E-state index in [-0.39, 0.29) is 23.7 Å². The van der Waals surface area contributed by atoms with Crippen LogP contribution in [-0.4, -0.2) is 53.2 Å². The molecule has 1 aromatic carbocycles. The number of benzene rings is 1. The zero-order valence-electron chi connectivity index (χ0n) is 21.5. The molecule has 40 heavy (non-hydrogen) atoms. The smallest absolute Gasteiger partial charge is 0.420 e. The highest BCUT2D eigenvalue weighted by atomic mass is 19.4. The number of hydrogen-bond donors (Lipinski definition) is 2. The highest BCUT2D eigenvalue weighted by Crippen LogP contribution is 2.40. The number of amides is 2. The van der Waals surface area contributed by atoms with Crippen LogP contribution in [0.5, 0.6) is 5.75 Å². The number of carbonyl (C=O) groups excluding carboxylic acids is 2. The maximum absolute atomic E-state index is 13.4. The van der Waals surface area contributed by atoms with Crippen molar-refractivity contribution in [3.8, 4) is 5.75 Å². The Morgan fingerprint density at radius 3 is 2.23 bits per heavy atom. The number of aromatic nitrogens is 1. The number of hydrogen-bond acceptors (Lipinski definition) is 5. The molecule has 2 fully saturated rings. The van der Waals surface area contributed by atoms with Gasteiger partial charge >= 0.3 is 12.4 Å². The number of nitrogens with zero attached hydrogens (tertiary/aromatic N) is 2. The average molecular weight is 577 g/mol. The van der Waals surface area contributed by atoms with Gasteiger partial charge in [0.2, 0.25) is 0 Å². The summed E-state index contributed by atoms with van der Waals surface area (Å²) >= 11 is 0. The van der Waals surface area contributed by atoms with Crippen molar-refractivity contribution in [2.24, 2.45) is 0 Å². The summed E-state index contributed by atoms with van der Waals surface area (Å²) in [6.45, 7) is 1.20. The van der Waals surface area contributed by atoms with Crippen LogP contribution in [0.3, 0.4) is 0 Å². The fourth-order valence-corrected chi connectivity index (χ4v) is 5.12. The second kappa shape index (κ2) is 10.8. The fraction of sp³-hybridized carbons (Fsp3) is 0.500. The molecule has 2 saturated heterocycles. The van der Waals surface area contributed by atoms with Crippen LogP contribution >= 0.6 is 0 Å². The summed E-state index contributed by atoms with van der Waals surface area (Å²) in [5.41, 5.74) is -3.03. The number of alkyl halides is 6. The minimum atomic E-state index is -4.88. The van der Waals surface area contributed by atoms with Crippen LogP contribution in [0.4, 0.5) is 36.6 Å². The molecule has 0 saturated carbocycles. The molecule has 14 heteroatoms. The van der Waals surface area contributed by atoms with E-state index in [1.54, 1.807) is 11.4 Å². The molecule has 218 valence electrons. The summed E-state index contributed by atoms with van der Waals surface area (Å²) in [6.07, 6.45) is -5.60. The number of fused-ring (bicyclic) bond motifs is 2. The Morgan fingerprint density at radius 2 is 1.68 bits per heavy atom. The van der Waals surface area contributed by atoms with E-state index >= 15 is 0 Å². The maximum Gasteiger partial charge on any atom is 0.420 e. The van der Waals surface area contributed by atoms with Gasteiger partial charge in [0.1, 0.15) is 29.5 Å². The van der Waals surface area contributed by atoms with E-state index in [9.17, 15) is 40.3 Å². The second-order valence-electron chi connectivity index (χ2n) is 10.4. The van der Waals surface area contributed by atoms with Crippen LogP contribution in [0.15, 0.2) is 36.5 Å². The lowest BCUT2D eigenvalue weighted by molar-refractivity contribution is -0.144. The van der Waals surface area contributed by atoms with Crippen LogP contribution in [0.2, 0.25) is 0 Å². The number of ether oxygens (including phenoxy) is 1. The molecule has 7 nitrogen and oxygen atoms in total. The molecule has 2 aromatic rings. The van der Waals surface area contributed by atoms with Crippen LogP contribution in [-0.2, 0) is 11.0 Å². The Morgan fingerprint density at radius 1 is 1.02 bits per heavy atom. The van der Waals surface area contributed by atoms with Crippen molar-refractivity contribution in [3.63, 3.8) is 0 Å². The van der Waals surface area contributed by atoms with E-state index in [1.165, 1.54) is 26.1 Å². The Balaban J connectivity index is 1.38. The van der Waals surface area contributed by atoms with Crippen molar-refractivity contribution in [2.45, 2.75) is 75.6 Å². The minimum Gasteiger partial charge on any atom is -0.477 e. The largest absolute Gasteiger partial charge is 0.477 e. The molecule has 2 N–H and O–H groups in total. The highest BCUT2D eigenvalue weighted by molar-refractivity contribution is 5.94. The van der Waals surface area contributed by atoms with Crippen LogP contribution in [0.25, 0.3) is 0 Å². The van der Waals surface area contributed by atoms with Crippen molar-refractivity contribution < 1.29 is 45.1 Å². The number of carbonyl (C=O) groups is 2. The number of nitrogens with one attached hydrogen (secondary N) is 2. The van der Waals surface area contributed by atoms with Gasteiger partial charge in [-0.25, -0.2) is 9.37 Å². The first-order valence-corrected chi connectivity index (χ1v) is 12.5. The summed E-state index contributed by atoms with van der Waals surface area (Å²) in [5, 5.41) is 4.65. The Kier molecular flexibility index (Phi) is 7.92. The third kappa shape index (κ3) is 6.76. The normalized spacial score (nSPS) is 21.2. The molecule has 2 amide bonds. The number of rotatable bonds is 7. The predicted octanol–water partition coefficient (Wildman–Crippen LogP) is 5.01. The molecule has 4 rings (SSSR count). The zero-order chi connectivity index (χ0) is 29.5. The summed E-state index contributed by atoms with van der Waals surface area (Å²) in [7, 11) is 0. The fourth-order valence-electron chi connectivity index (χ4n) is 5.12. The Hall–Kier alpha value is -3.58.